The van der Waals surface area contributed by atoms with Crippen LogP contribution in [0.1, 0.15) is 30.5 Å². The molecule has 146 valence electrons. The Morgan fingerprint density at radius 3 is 2.59 bits per heavy atom. The summed E-state index contributed by atoms with van der Waals surface area (Å²) in [6.07, 6.45) is 0.741. The van der Waals surface area contributed by atoms with E-state index in [1.807, 2.05) is 37.3 Å². The van der Waals surface area contributed by atoms with Crippen LogP contribution >= 0.6 is 0 Å². The summed E-state index contributed by atoms with van der Waals surface area (Å²) in [6, 6.07) is 15.5. The molecule has 7 heteroatoms. The van der Waals surface area contributed by atoms with Gasteiger partial charge in [-0.2, -0.15) is 5.26 Å². The Hall–Kier alpha value is -3.66. The van der Waals surface area contributed by atoms with E-state index in [0.717, 1.165) is 22.6 Å². The lowest BCUT2D eigenvalue weighted by atomic mass is 9.91. The van der Waals surface area contributed by atoms with E-state index in [0.29, 0.717) is 11.1 Å². The molecule has 0 saturated carbocycles. The van der Waals surface area contributed by atoms with Gasteiger partial charge in [-0.25, -0.2) is 4.79 Å². The Labute approximate surface area is 168 Å². The maximum Gasteiger partial charge on any atom is 0.325 e. The summed E-state index contributed by atoms with van der Waals surface area (Å²) in [4.78, 5) is 41.3. The minimum Gasteiger partial charge on any atom is -0.319 e. The lowest BCUT2D eigenvalue weighted by molar-refractivity contribution is -0.134. The van der Waals surface area contributed by atoms with Crippen molar-refractivity contribution in [2.24, 2.45) is 0 Å². The fourth-order valence-corrected chi connectivity index (χ4v) is 4.07. The first-order valence-electron chi connectivity index (χ1n) is 9.40. The topological polar surface area (TPSA) is 93.5 Å². The second-order valence-corrected chi connectivity index (χ2v) is 7.58. The maximum atomic E-state index is 13.1. The molecule has 4 rings (SSSR count). The zero-order chi connectivity index (χ0) is 20.8. The first-order valence-corrected chi connectivity index (χ1v) is 9.40. The first kappa shape index (κ1) is 18.7. The summed E-state index contributed by atoms with van der Waals surface area (Å²) < 4.78 is 0. The molecule has 0 radical (unpaired) electrons. The fourth-order valence-electron chi connectivity index (χ4n) is 4.07. The van der Waals surface area contributed by atoms with E-state index in [9.17, 15) is 14.4 Å². The van der Waals surface area contributed by atoms with Gasteiger partial charge in [-0.3, -0.25) is 14.5 Å². The number of anilines is 1. The molecule has 2 aromatic rings. The van der Waals surface area contributed by atoms with Crippen LogP contribution in [-0.2, 0) is 21.5 Å². The molecule has 1 N–H and O–H groups in total. The highest BCUT2D eigenvalue weighted by Gasteiger charge is 2.50. The van der Waals surface area contributed by atoms with Crippen molar-refractivity contribution in [1.29, 1.82) is 5.26 Å². The zero-order valence-corrected chi connectivity index (χ0v) is 16.2. The maximum absolute atomic E-state index is 13.1. The van der Waals surface area contributed by atoms with Gasteiger partial charge < -0.3 is 10.2 Å². The third-order valence-electron chi connectivity index (χ3n) is 5.64. The average Bonchev–Trinajstić information content (AvgIpc) is 3.16. The van der Waals surface area contributed by atoms with Gasteiger partial charge in [0.05, 0.1) is 11.6 Å². The molecule has 7 nitrogen and oxygen atoms in total. The molecule has 0 unspecified atom stereocenters. The highest BCUT2D eigenvalue weighted by Crippen LogP contribution is 2.33. The van der Waals surface area contributed by atoms with Crippen LogP contribution in [-0.4, -0.2) is 35.3 Å². The molecule has 1 fully saturated rings. The Morgan fingerprint density at radius 2 is 1.90 bits per heavy atom. The summed E-state index contributed by atoms with van der Waals surface area (Å²) in [5, 5.41) is 11.6. The molecule has 0 bridgehead atoms. The number of hydrogen-bond donors (Lipinski definition) is 1. The number of rotatable bonds is 3. The van der Waals surface area contributed by atoms with Crippen LogP contribution in [0.2, 0.25) is 0 Å². The molecule has 2 aliphatic rings. The van der Waals surface area contributed by atoms with Crippen molar-refractivity contribution >= 4 is 23.5 Å². The smallest absolute Gasteiger partial charge is 0.319 e. The van der Waals surface area contributed by atoms with Crippen molar-refractivity contribution in [2.75, 3.05) is 11.4 Å². The number of nitrogens with zero attached hydrogens (tertiary/aromatic N) is 3. The molecule has 0 aliphatic carbocycles. The Kier molecular flexibility index (Phi) is 4.35. The summed E-state index contributed by atoms with van der Waals surface area (Å²) in [7, 11) is 0. The van der Waals surface area contributed by atoms with E-state index in [4.69, 9.17) is 5.26 Å². The van der Waals surface area contributed by atoms with Crippen LogP contribution in [0.3, 0.4) is 0 Å². The number of amides is 4. The quantitative estimate of drug-likeness (QED) is 0.817. The second kappa shape index (κ2) is 6.74. The van der Waals surface area contributed by atoms with E-state index in [-0.39, 0.29) is 18.5 Å². The molecule has 0 aromatic heterocycles. The van der Waals surface area contributed by atoms with Crippen molar-refractivity contribution in [1.82, 2.24) is 10.2 Å². The van der Waals surface area contributed by atoms with Crippen molar-refractivity contribution in [3.63, 3.8) is 0 Å². The SMILES string of the molecule is C[C@@H]1Cc2ccccc2N1C(=O)CN1C(=O)N[C@](C)(c2ccc(C#N)cc2)C1=O. The lowest BCUT2D eigenvalue weighted by Crippen LogP contribution is -2.46. The molecular formula is C22H20N4O3. The number of carbonyl (C=O) groups is 3. The highest BCUT2D eigenvalue weighted by atomic mass is 16.2. The van der Waals surface area contributed by atoms with Crippen LogP contribution in [0.4, 0.5) is 10.5 Å². The minimum atomic E-state index is -1.28. The van der Waals surface area contributed by atoms with Gasteiger partial charge in [-0.15, -0.1) is 0 Å². The molecule has 1 saturated heterocycles. The van der Waals surface area contributed by atoms with Crippen molar-refractivity contribution in [2.45, 2.75) is 31.8 Å². The van der Waals surface area contributed by atoms with Crippen LogP contribution < -0.4 is 10.2 Å². The predicted octanol–water partition coefficient (Wildman–Crippen LogP) is 2.30. The number of para-hydroxylation sites is 1. The zero-order valence-electron chi connectivity index (χ0n) is 16.2. The summed E-state index contributed by atoms with van der Waals surface area (Å²) >= 11 is 0. The van der Waals surface area contributed by atoms with E-state index in [1.165, 1.54) is 0 Å². The Morgan fingerprint density at radius 1 is 1.21 bits per heavy atom. The Balaban J connectivity index is 1.57. The standard InChI is InChI=1S/C22H20N4O3/c1-14-11-16-5-3-4-6-18(16)26(14)19(27)13-25-20(28)22(2,24-21(25)29)17-9-7-15(12-23)8-10-17/h3-10,14H,11,13H2,1-2H3,(H,24,29)/t14-,22-/m1/s1. The third-order valence-corrected chi connectivity index (χ3v) is 5.64. The number of nitrogens with one attached hydrogen (secondary N) is 1. The van der Waals surface area contributed by atoms with E-state index >= 15 is 0 Å². The molecular weight excluding hydrogens is 368 g/mol. The number of benzene rings is 2. The van der Waals surface area contributed by atoms with E-state index < -0.39 is 17.5 Å². The van der Waals surface area contributed by atoms with Gasteiger partial charge in [0.15, 0.2) is 0 Å². The van der Waals surface area contributed by atoms with Gasteiger partial charge in [0.25, 0.3) is 5.91 Å². The number of hydrogen-bond acceptors (Lipinski definition) is 4. The molecule has 2 atom stereocenters. The van der Waals surface area contributed by atoms with Gasteiger partial charge in [0.2, 0.25) is 5.91 Å². The summed E-state index contributed by atoms with van der Waals surface area (Å²) in [5.74, 6) is -0.782. The minimum absolute atomic E-state index is 0.0365. The van der Waals surface area contributed by atoms with Crippen molar-refractivity contribution in [3.8, 4) is 6.07 Å². The molecule has 2 heterocycles. The normalized spacial score (nSPS) is 23.0. The number of urea groups is 1. The third kappa shape index (κ3) is 2.93. The van der Waals surface area contributed by atoms with Gasteiger partial charge in [0.1, 0.15) is 12.1 Å². The largest absolute Gasteiger partial charge is 0.325 e. The monoisotopic (exact) mass is 388 g/mol. The van der Waals surface area contributed by atoms with Gasteiger partial charge in [-0.05, 0) is 49.6 Å². The fraction of sp³-hybridized carbons (Fsp3) is 0.273. The average molecular weight is 388 g/mol. The molecule has 4 amide bonds. The number of nitriles is 1. The molecule has 29 heavy (non-hydrogen) atoms. The molecule has 2 aromatic carbocycles. The van der Waals surface area contributed by atoms with Crippen LogP contribution in [0.25, 0.3) is 0 Å². The van der Waals surface area contributed by atoms with Crippen LogP contribution in [0.15, 0.2) is 48.5 Å². The Bertz CT molecular complexity index is 1060. The first-order chi connectivity index (χ1) is 13.8. The second-order valence-electron chi connectivity index (χ2n) is 7.58. The number of fused-ring (bicyclic) bond motifs is 1. The van der Waals surface area contributed by atoms with Gasteiger partial charge >= 0.3 is 6.03 Å². The van der Waals surface area contributed by atoms with Gasteiger partial charge in [-0.1, -0.05) is 30.3 Å². The van der Waals surface area contributed by atoms with Gasteiger partial charge in [0, 0.05) is 11.7 Å². The van der Waals surface area contributed by atoms with Crippen molar-refractivity contribution < 1.29 is 14.4 Å². The summed E-state index contributed by atoms with van der Waals surface area (Å²) in [5.41, 5.74) is 1.65. The summed E-state index contributed by atoms with van der Waals surface area (Å²) in [6.45, 7) is 3.23. The van der Waals surface area contributed by atoms with Crippen molar-refractivity contribution in [3.05, 3.63) is 65.2 Å². The molecule has 0 spiro atoms. The molecule has 2 aliphatic heterocycles. The lowest BCUT2D eigenvalue weighted by Gasteiger charge is -2.25. The predicted molar refractivity (Wildman–Crippen MR) is 106 cm³/mol. The van der Waals surface area contributed by atoms with Crippen LogP contribution in [0, 0.1) is 11.3 Å². The van der Waals surface area contributed by atoms with E-state index in [1.54, 1.807) is 36.1 Å². The highest BCUT2D eigenvalue weighted by molar-refractivity contribution is 6.10. The van der Waals surface area contributed by atoms with Crippen LogP contribution in [0.5, 0.6) is 0 Å². The van der Waals surface area contributed by atoms with E-state index in [2.05, 4.69) is 5.32 Å². The number of carbonyl (C=O) groups excluding carboxylic acids is 3. The number of imide groups is 1.